The first-order chi connectivity index (χ1) is 20.0. The van der Waals surface area contributed by atoms with E-state index in [4.69, 9.17) is 14.3 Å². The molecule has 0 bridgehead atoms. The zero-order chi connectivity index (χ0) is 31.6. The molecule has 5 fully saturated rings. The second-order valence-corrected chi connectivity index (χ2v) is 16.1. The summed E-state index contributed by atoms with van der Waals surface area (Å²) in [6.45, 7) is 21.7. The Morgan fingerprint density at radius 2 is 1.44 bits per heavy atom. The van der Waals surface area contributed by atoms with E-state index in [2.05, 4.69) is 46.4 Å². The highest BCUT2D eigenvalue weighted by atomic mass is 16.7. The molecule has 0 amide bonds. The molecule has 5 aliphatic carbocycles. The van der Waals surface area contributed by atoms with E-state index in [9.17, 15) is 14.4 Å². The van der Waals surface area contributed by atoms with Crippen LogP contribution in [0.3, 0.4) is 0 Å². The summed E-state index contributed by atoms with van der Waals surface area (Å²) < 4.78 is 11.5. The average Bonchev–Trinajstić information content (AvgIpc) is 3.31. The molecule has 0 aromatic rings. The van der Waals surface area contributed by atoms with Gasteiger partial charge in [-0.1, -0.05) is 45.0 Å². The second-order valence-electron chi connectivity index (χ2n) is 16.1. The van der Waals surface area contributed by atoms with Crippen LogP contribution in [0.15, 0.2) is 17.3 Å². The molecule has 0 heterocycles. The minimum atomic E-state index is -0.491. The number of carbonyl (C=O) groups excluding carboxylic acids is 3. The Balaban J connectivity index is 1.51. The molecule has 7 nitrogen and oxygen atoms in total. The summed E-state index contributed by atoms with van der Waals surface area (Å²) in [6.07, 6.45) is 10.7. The van der Waals surface area contributed by atoms with E-state index in [-0.39, 0.29) is 46.1 Å². The van der Waals surface area contributed by atoms with E-state index in [1.807, 2.05) is 0 Å². The average molecular weight is 598 g/mol. The van der Waals surface area contributed by atoms with Crippen LogP contribution in [0.5, 0.6) is 0 Å². The summed E-state index contributed by atoms with van der Waals surface area (Å²) in [5, 5.41) is 4.37. The maximum atomic E-state index is 12.0. The van der Waals surface area contributed by atoms with Crippen molar-refractivity contribution in [1.82, 2.24) is 0 Å². The maximum Gasteiger partial charge on any atom is 0.331 e. The lowest BCUT2D eigenvalue weighted by Gasteiger charge is -2.72. The van der Waals surface area contributed by atoms with Gasteiger partial charge in [-0.2, -0.15) is 0 Å². The molecule has 5 saturated carbocycles. The molecular formula is C36H55NO6. The van der Waals surface area contributed by atoms with Crippen molar-refractivity contribution in [3.8, 4) is 0 Å². The summed E-state index contributed by atoms with van der Waals surface area (Å²) in [4.78, 5) is 40.9. The van der Waals surface area contributed by atoms with E-state index in [1.165, 1.54) is 39.2 Å². The van der Waals surface area contributed by atoms with Gasteiger partial charge >= 0.3 is 17.9 Å². The molecule has 7 heteroatoms. The van der Waals surface area contributed by atoms with E-state index in [1.54, 1.807) is 0 Å². The molecule has 0 radical (unpaired) electrons. The Kier molecular flexibility index (Phi) is 8.25. The van der Waals surface area contributed by atoms with Crippen molar-refractivity contribution in [2.24, 2.45) is 61.8 Å². The number of nitrogens with zero attached hydrogens (tertiary/aromatic N) is 1. The number of carbonyl (C=O) groups is 3. The van der Waals surface area contributed by atoms with Gasteiger partial charge in [-0.25, -0.2) is 4.79 Å². The molecule has 240 valence electrons. The number of allylic oxidation sites excluding steroid dienone is 1. The van der Waals surface area contributed by atoms with Crippen LogP contribution in [0.4, 0.5) is 0 Å². The van der Waals surface area contributed by atoms with Crippen molar-refractivity contribution in [2.75, 3.05) is 13.2 Å². The zero-order valence-corrected chi connectivity index (χ0v) is 28.0. The summed E-state index contributed by atoms with van der Waals surface area (Å²) >= 11 is 0. The van der Waals surface area contributed by atoms with Crippen LogP contribution in [0.2, 0.25) is 0 Å². The Labute approximate surface area is 258 Å². The highest BCUT2D eigenvalue weighted by molar-refractivity contribution is 5.91. The summed E-state index contributed by atoms with van der Waals surface area (Å²) in [6, 6.07) is 0. The number of esters is 2. The fourth-order valence-electron chi connectivity index (χ4n) is 12.1. The number of hydrogen-bond donors (Lipinski definition) is 0. The SMILES string of the molecule is C=C(C)[C@@H]1CC[C@]2(COC(C)=O)CC[C@]3(C)[C@H](CC[C@@H]4[C@@]5(C)CCC(=NOC(C)=O)C(C)(COC(C)=O)[C@@H]5CC[C@]43C)[C@@H]12. The molecule has 0 aromatic carbocycles. The summed E-state index contributed by atoms with van der Waals surface area (Å²) in [5.74, 6) is 1.44. The minimum Gasteiger partial charge on any atom is -0.465 e. The van der Waals surface area contributed by atoms with Crippen molar-refractivity contribution in [3.05, 3.63) is 12.2 Å². The normalized spacial score (nSPS) is 46.0. The number of fused-ring (bicyclic) bond motifs is 7. The molecule has 5 aliphatic rings. The Morgan fingerprint density at radius 3 is 2.07 bits per heavy atom. The van der Waals surface area contributed by atoms with Gasteiger partial charge in [0, 0.05) is 31.6 Å². The molecule has 0 saturated heterocycles. The first-order valence-corrected chi connectivity index (χ1v) is 16.7. The molecule has 5 rings (SSSR count). The molecule has 0 aliphatic heterocycles. The van der Waals surface area contributed by atoms with Crippen LogP contribution < -0.4 is 0 Å². The Morgan fingerprint density at radius 1 is 0.767 bits per heavy atom. The fraction of sp³-hybridized carbons (Fsp3) is 0.833. The number of hydrogen-bond acceptors (Lipinski definition) is 7. The molecule has 0 spiro atoms. The van der Waals surface area contributed by atoms with E-state index >= 15 is 0 Å². The zero-order valence-electron chi connectivity index (χ0n) is 28.0. The van der Waals surface area contributed by atoms with Crippen LogP contribution in [0.25, 0.3) is 0 Å². The van der Waals surface area contributed by atoms with Crippen LogP contribution in [-0.4, -0.2) is 36.8 Å². The van der Waals surface area contributed by atoms with Crippen LogP contribution in [0, 0.1) is 56.7 Å². The predicted molar refractivity (Wildman–Crippen MR) is 166 cm³/mol. The molecule has 10 atom stereocenters. The molecule has 0 aromatic heterocycles. The van der Waals surface area contributed by atoms with Crippen molar-refractivity contribution >= 4 is 23.6 Å². The first kappa shape index (κ1) is 32.2. The lowest BCUT2D eigenvalue weighted by molar-refractivity contribution is -0.234. The Bertz CT molecular complexity index is 1210. The van der Waals surface area contributed by atoms with Gasteiger partial charge in [-0.15, -0.1) is 0 Å². The van der Waals surface area contributed by atoms with Gasteiger partial charge in [0.15, 0.2) is 0 Å². The second kappa shape index (κ2) is 11.0. The van der Waals surface area contributed by atoms with Crippen LogP contribution in [-0.2, 0) is 28.7 Å². The monoisotopic (exact) mass is 597 g/mol. The van der Waals surface area contributed by atoms with Gasteiger partial charge < -0.3 is 14.3 Å². The third kappa shape index (κ3) is 4.90. The van der Waals surface area contributed by atoms with Gasteiger partial charge in [0.05, 0.1) is 12.3 Å². The van der Waals surface area contributed by atoms with Crippen molar-refractivity contribution in [3.63, 3.8) is 0 Å². The third-order valence-corrected chi connectivity index (χ3v) is 14.3. The standard InChI is InChI=1S/C36H55NO6/c1-22(2)26-12-17-36(21-42-24(4)39)19-18-34(8)27(31(26)36)10-11-29-32(6)15-14-30(37-43-25(5)40)33(7,20-41-23(3)38)28(32)13-16-35(29,34)9/h26-29,31H,1,10-21H2,2-9H3/t26-,27+,28+,29+,31+,32-,33?,34+,35+,36+/m0/s1. The number of oxime groups is 1. The van der Waals surface area contributed by atoms with E-state index in [0.29, 0.717) is 30.3 Å². The third-order valence-electron chi connectivity index (χ3n) is 14.3. The van der Waals surface area contributed by atoms with Crippen LogP contribution >= 0.6 is 0 Å². The number of ether oxygens (including phenoxy) is 2. The molecular weight excluding hydrogens is 542 g/mol. The topological polar surface area (TPSA) is 91.3 Å². The predicted octanol–water partition coefficient (Wildman–Crippen LogP) is 7.67. The number of rotatable bonds is 6. The van der Waals surface area contributed by atoms with Gasteiger partial charge in [0.1, 0.15) is 6.61 Å². The van der Waals surface area contributed by atoms with Gasteiger partial charge in [0.2, 0.25) is 0 Å². The summed E-state index contributed by atoms with van der Waals surface area (Å²) in [7, 11) is 0. The molecule has 0 N–H and O–H groups in total. The highest BCUT2D eigenvalue weighted by Gasteiger charge is 2.71. The van der Waals surface area contributed by atoms with Crippen molar-refractivity contribution in [2.45, 2.75) is 120 Å². The minimum absolute atomic E-state index is 0.0425. The lowest BCUT2D eigenvalue weighted by atomic mass is 9.32. The largest absolute Gasteiger partial charge is 0.465 e. The van der Waals surface area contributed by atoms with E-state index in [0.717, 1.165) is 57.1 Å². The van der Waals surface area contributed by atoms with Crippen molar-refractivity contribution < 1.29 is 28.7 Å². The van der Waals surface area contributed by atoms with Gasteiger partial charge in [-0.05, 0) is 117 Å². The summed E-state index contributed by atoms with van der Waals surface area (Å²) in [5.41, 5.74) is 2.07. The highest BCUT2D eigenvalue weighted by Crippen LogP contribution is 2.77. The van der Waals surface area contributed by atoms with Gasteiger partial charge in [0.25, 0.3) is 0 Å². The quantitative estimate of drug-likeness (QED) is 0.135. The Hall–Kier alpha value is -2.18. The van der Waals surface area contributed by atoms with Crippen molar-refractivity contribution in [1.29, 1.82) is 0 Å². The first-order valence-electron chi connectivity index (χ1n) is 16.7. The molecule has 43 heavy (non-hydrogen) atoms. The van der Waals surface area contributed by atoms with Crippen LogP contribution in [0.1, 0.15) is 120 Å². The molecule has 1 unspecified atom stereocenters. The van der Waals surface area contributed by atoms with E-state index < -0.39 is 11.4 Å². The fourth-order valence-corrected chi connectivity index (χ4v) is 12.1. The van der Waals surface area contributed by atoms with Gasteiger partial charge in [-0.3, -0.25) is 9.59 Å². The maximum absolute atomic E-state index is 12.0. The smallest absolute Gasteiger partial charge is 0.331 e. The lowest BCUT2D eigenvalue weighted by Crippen LogP contribution is -2.67.